The van der Waals surface area contributed by atoms with Crippen molar-refractivity contribution in [2.75, 3.05) is 25.6 Å². The summed E-state index contributed by atoms with van der Waals surface area (Å²) in [7, 11) is 3.83. The molecule has 0 fully saturated rings. The molecule has 0 heterocycles. The molecule has 0 amide bonds. The van der Waals surface area contributed by atoms with E-state index < -0.39 is 0 Å². The van der Waals surface area contributed by atoms with E-state index in [1.54, 1.807) is 7.11 Å². The average molecular weight is 250 g/mol. The number of methoxy groups -OCH3 is 1. The van der Waals surface area contributed by atoms with Gasteiger partial charge in [-0.15, -0.1) is 0 Å². The Balaban J connectivity index is 3.10. The standard InChI is InChI=1S/C15H26N2O/c1-10(2)14(9-16)17(5)13-7-11(3)15(18-6)12(4)8-13/h7-8,10,14H,9,16H2,1-6H3. The fourth-order valence-corrected chi connectivity index (χ4v) is 2.52. The lowest BCUT2D eigenvalue weighted by Gasteiger charge is -2.32. The predicted octanol–water partition coefficient (Wildman–Crippen LogP) is 2.73. The van der Waals surface area contributed by atoms with E-state index in [1.807, 2.05) is 0 Å². The Hall–Kier alpha value is -1.22. The van der Waals surface area contributed by atoms with Gasteiger partial charge in [0.2, 0.25) is 0 Å². The number of benzene rings is 1. The quantitative estimate of drug-likeness (QED) is 0.873. The fourth-order valence-electron chi connectivity index (χ4n) is 2.52. The molecule has 1 aromatic rings. The first-order valence-corrected chi connectivity index (χ1v) is 6.50. The summed E-state index contributed by atoms with van der Waals surface area (Å²) in [5.74, 6) is 1.50. The highest BCUT2D eigenvalue weighted by molar-refractivity contribution is 5.57. The lowest BCUT2D eigenvalue weighted by atomic mass is 10.0. The second-order valence-electron chi connectivity index (χ2n) is 5.27. The van der Waals surface area contributed by atoms with Crippen LogP contribution in [0.5, 0.6) is 5.75 Å². The largest absolute Gasteiger partial charge is 0.496 e. The molecule has 2 N–H and O–H groups in total. The van der Waals surface area contributed by atoms with E-state index in [1.165, 1.54) is 16.8 Å². The van der Waals surface area contributed by atoms with E-state index >= 15 is 0 Å². The average Bonchev–Trinajstić information content (AvgIpc) is 2.28. The van der Waals surface area contributed by atoms with E-state index in [4.69, 9.17) is 10.5 Å². The Morgan fingerprint density at radius 1 is 1.22 bits per heavy atom. The van der Waals surface area contributed by atoms with E-state index in [0.29, 0.717) is 18.5 Å². The molecule has 1 unspecified atom stereocenters. The van der Waals surface area contributed by atoms with Crippen LogP contribution in [0, 0.1) is 19.8 Å². The van der Waals surface area contributed by atoms with E-state index in [9.17, 15) is 0 Å². The third-order valence-electron chi connectivity index (χ3n) is 3.56. The van der Waals surface area contributed by atoms with Gasteiger partial charge in [0.1, 0.15) is 5.75 Å². The van der Waals surface area contributed by atoms with Crippen molar-refractivity contribution in [3.63, 3.8) is 0 Å². The summed E-state index contributed by atoms with van der Waals surface area (Å²) < 4.78 is 5.40. The van der Waals surface area contributed by atoms with E-state index in [2.05, 4.69) is 51.8 Å². The van der Waals surface area contributed by atoms with Crippen LogP contribution in [0.4, 0.5) is 5.69 Å². The number of likely N-dealkylation sites (N-methyl/N-ethyl adjacent to an activating group) is 1. The molecule has 0 saturated carbocycles. The zero-order chi connectivity index (χ0) is 13.9. The molecule has 3 nitrogen and oxygen atoms in total. The minimum atomic E-state index is 0.359. The first-order valence-electron chi connectivity index (χ1n) is 6.50. The highest BCUT2D eigenvalue weighted by Gasteiger charge is 2.18. The molecule has 1 rings (SSSR count). The van der Waals surface area contributed by atoms with Gasteiger partial charge in [-0.1, -0.05) is 13.8 Å². The number of anilines is 1. The topological polar surface area (TPSA) is 38.5 Å². The predicted molar refractivity (Wildman–Crippen MR) is 78.6 cm³/mol. The van der Waals surface area contributed by atoms with E-state index in [0.717, 1.165) is 5.75 Å². The molecule has 0 aliphatic rings. The zero-order valence-electron chi connectivity index (χ0n) is 12.4. The molecule has 0 aliphatic heterocycles. The van der Waals surface area contributed by atoms with Crippen LogP contribution < -0.4 is 15.4 Å². The maximum Gasteiger partial charge on any atom is 0.124 e. The van der Waals surface area contributed by atoms with Gasteiger partial charge in [0.25, 0.3) is 0 Å². The van der Waals surface area contributed by atoms with Gasteiger partial charge in [0.05, 0.1) is 7.11 Å². The van der Waals surface area contributed by atoms with Gasteiger partial charge in [0, 0.05) is 25.3 Å². The lowest BCUT2D eigenvalue weighted by molar-refractivity contribution is 0.408. The van der Waals surface area contributed by atoms with Crippen molar-refractivity contribution in [3.8, 4) is 5.75 Å². The van der Waals surface area contributed by atoms with Crippen molar-refractivity contribution >= 4 is 5.69 Å². The van der Waals surface area contributed by atoms with Crippen molar-refractivity contribution in [1.82, 2.24) is 0 Å². The fraction of sp³-hybridized carbons (Fsp3) is 0.600. The highest BCUT2D eigenvalue weighted by atomic mass is 16.5. The van der Waals surface area contributed by atoms with E-state index in [-0.39, 0.29) is 0 Å². The van der Waals surface area contributed by atoms with Crippen LogP contribution in [0.15, 0.2) is 12.1 Å². The van der Waals surface area contributed by atoms with Crippen LogP contribution in [-0.2, 0) is 0 Å². The Labute approximate surface area is 111 Å². The molecule has 18 heavy (non-hydrogen) atoms. The van der Waals surface area contributed by atoms with Gasteiger partial charge < -0.3 is 15.4 Å². The monoisotopic (exact) mass is 250 g/mol. The summed E-state index contributed by atoms with van der Waals surface area (Å²) in [5, 5.41) is 0. The summed E-state index contributed by atoms with van der Waals surface area (Å²) in [6, 6.07) is 4.69. The van der Waals surface area contributed by atoms with Crippen molar-refractivity contribution < 1.29 is 4.74 Å². The molecule has 0 spiro atoms. The van der Waals surface area contributed by atoms with Crippen LogP contribution >= 0.6 is 0 Å². The van der Waals surface area contributed by atoms with Crippen molar-refractivity contribution in [2.45, 2.75) is 33.7 Å². The molecule has 1 atom stereocenters. The number of nitrogens with zero attached hydrogens (tertiary/aromatic N) is 1. The molecule has 0 aromatic heterocycles. The van der Waals surface area contributed by atoms with Crippen LogP contribution in [-0.4, -0.2) is 26.7 Å². The second-order valence-corrected chi connectivity index (χ2v) is 5.27. The number of aryl methyl sites for hydroxylation is 2. The first-order chi connectivity index (χ1) is 8.42. The number of nitrogens with two attached hydrogens (primary N) is 1. The smallest absolute Gasteiger partial charge is 0.124 e. The molecule has 3 heteroatoms. The van der Waals surface area contributed by atoms with Crippen LogP contribution in [0.25, 0.3) is 0 Å². The molecule has 1 aromatic carbocycles. The van der Waals surface area contributed by atoms with Crippen LogP contribution in [0.1, 0.15) is 25.0 Å². The van der Waals surface area contributed by atoms with Gasteiger partial charge in [-0.25, -0.2) is 0 Å². The number of ether oxygens (including phenoxy) is 1. The van der Waals surface area contributed by atoms with Crippen molar-refractivity contribution in [3.05, 3.63) is 23.3 Å². The minimum absolute atomic E-state index is 0.359. The Bertz CT molecular complexity index is 378. The molecule has 0 saturated heterocycles. The lowest BCUT2D eigenvalue weighted by Crippen LogP contribution is -2.41. The SMILES string of the molecule is COc1c(C)cc(N(C)C(CN)C(C)C)cc1C. The van der Waals surface area contributed by atoms with Crippen LogP contribution in [0.3, 0.4) is 0 Å². The van der Waals surface area contributed by atoms with Crippen LogP contribution in [0.2, 0.25) is 0 Å². The third kappa shape index (κ3) is 2.96. The molecular weight excluding hydrogens is 224 g/mol. The number of rotatable bonds is 5. The van der Waals surface area contributed by atoms with Gasteiger partial charge >= 0.3 is 0 Å². The summed E-state index contributed by atoms with van der Waals surface area (Å²) in [4.78, 5) is 2.27. The molecule has 102 valence electrons. The first kappa shape index (κ1) is 14.8. The highest BCUT2D eigenvalue weighted by Crippen LogP contribution is 2.29. The third-order valence-corrected chi connectivity index (χ3v) is 3.56. The Morgan fingerprint density at radius 3 is 2.06 bits per heavy atom. The van der Waals surface area contributed by atoms with Gasteiger partial charge in [-0.2, -0.15) is 0 Å². The van der Waals surface area contributed by atoms with Gasteiger partial charge in [-0.3, -0.25) is 0 Å². The minimum Gasteiger partial charge on any atom is -0.496 e. The molecule has 0 bridgehead atoms. The summed E-state index contributed by atoms with van der Waals surface area (Å²) in [5.41, 5.74) is 9.41. The molecular formula is C15H26N2O. The van der Waals surface area contributed by atoms with Crippen molar-refractivity contribution in [1.29, 1.82) is 0 Å². The molecule has 0 radical (unpaired) electrons. The maximum atomic E-state index is 5.88. The number of hydrogen-bond acceptors (Lipinski definition) is 3. The summed E-state index contributed by atoms with van der Waals surface area (Å²) in [6.07, 6.45) is 0. The Kier molecular flexibility index (Phi) is 5.03. The normalized spacial score (nSPS) is 12.7. The van der Waals surface area contributed by atoms with Crippen molar-refractivity contribution in [2.24, 2.45) is 11.7 Å². The number of hydrogen-bond donors (Lipinski definition) is 1. The van der Waals surface area contributed by atoms with Gasteiger partial charge in [0.15, 0.2) is 0 Å². The second kappa shape index (κ2) is 6.10. The maximum absolute atomic E-state index is 5.88. The summed E-state index contributed by atoms with van der Waals surface area (Å²) in [6.45, 7) is 9.23. The zero-order valence-corrected chi connectivity index (χ0v) is 12.4. The van der Waals surface area contributed by atoms with Gasteiger partial charge in [-0.05, 0) is 43.0 Å². The Morgan fingerprint density at radius 2 is 1.72 bits per heavy atom. The molecule has 0 aliphatic carbocycles. The summed E-state index contributed by atoms with van der Waals surface area (Å²) >= 11 is 0.